The summed E-state index contributed by atoms with van der Waals surface area (Å²) >= 11 is 1.70. The van der Waals surface area contributed by atoms with Crippen LogP contribution in [0.4, 0.5) is 0 Å². The number of hydrogen-bond acceptors (Lipinski definition) is 3. The molecule has 1 aromatic rings. The maximum absolute atomic E-state index is 12.2. The molecule has 0 saturated heterocycles. The van der Waals surface area contributed by atoms with Crippen molar-refractivity contribution in [2.45, 2.75) is 51.1 Å². The van der Waals surface area contributed by atoms with Crippen molar-refractivity contribution in [1.29, 1.82) is 0 Å². The first-order valence-electron chi connectivity index (χ1n) is 6.82. The van der Waals surface area contributed by atoms with Crippen LogP contribution in [0, 0.1) is 0 Å². The van der Waals surface area contributed by atoms with E-state index in [4.69, 9.17) is 5.73 Å². The zero-order valence-corrected chi connectivity index (χ0v) is 11.6. The zero-order valence-electron chi connectivity index (χ0n) is 10.8. The lowest BCUT2D eigenvalue weighted by Gasteiger charge is -2.22. The van der Waals surface area contributed by atoms with Gasteiger partial charge in [0.1, 0.15) is 0 Å². The molecule has 1 amide bonds. The van der Waals surface area contributed by atoms with Gasteiger partial charge >= 0.3 is 0 Å². The number of nitrogens with two attached hydrogens (primary N) is 1. The first kappa shape index (κ1) is 13.6. The van der Waals surface area contributed by atoms with Gasteiger partial charge in [0.15, 0.2) is 0 Å². The number of rotatable bonds is 8. The average Bonchev–Trinajstić information content (AvgIpc) is 3.08. The first-order valence-corrected chi connectivity index (χ1v) is 7.76. The summed E-state index contributed by atoms with van der Waals surface area (Å²) in [6.07, 6.45) is 6.11. The normalized spacial score (nSPS) is 14.7. The molecule has 1 heterocycles. The largest absolute Gasteiger partial charge is 0.335 e. The van der Waals surface area contributed by atoms with E-state index in [-0.39, 0.29) is 0 Å². The van der Waals surface area contributed by atoms with Crippen LogP contribution < -0.4 is 5.73 Å². The summed E-state index contributed by atoms with van der Waals surface area (Å²) in [5.74, 6) is 0.320. The molecule has 2 N–H and O–H groups in total. The summed E-state index contributed by atoms with van der Waals surface area (Å²) in [6.45, 7) is 1.53. The first-order chi connectivity index (χ1) is 8.81. The Hall–Kier alpha value is -0.870. The lowest BCUT2D eigenvalue weighted by atomic mass is 10.1. The molecule has 0 atom stereocenters. The SMILES string of the molecule is NCCCCCC(=O)N(Cc1ccsc1)C1CC1. The Labute approximate surface area is 113 Å². The van der Waals surface area contributed by atoms with E-state index in [2.05, 4.69) is 21.7 Å². The van der Waals surface area contributed by atoms with E-state index < -0.39 is 0 Å². The number of nitrogens with zero attached hydrogens (tertiary/aromatic N) is 1. The van der Waals surface area contributed by atoms with E-state index in [1.165, 1.54) is 18.4 Å². The monoisotopic (exact) mass is 266 g/mol. The third-order valence-electron chi connectivity index (χ3n) is 3.34. The van der Waals surface area contributed by atoms with Gasteiger partial charge in [0.2, 0.25) is 5.91 Å². The van der Waals surface area contributed by atoms with Crippen LogP contribution in [0.15, 0.2) is 16.8 Å². The molecule has 0 bridgehead atoms. The van der Waals surface area contributed by atoms with Gasteiger partial charge in [-0.3, -0.25) is 4.79 Å². The fourth-order valence-corrected chi connectivity index (χ4v) is 2.79. The summed E-state index contributed by atoms with van der Waals surface area (Å²) in [5, 5.41) is 4.21. The van der Waals surface area contributed by atoms with Gasteiger partial charge in [0.25, 0.3) is 0 Å². The minimum Gasteiger partial charge on any atom is -0.335 e. The minimum absolute atomic E-state index is 0.320. The summed E-state index contributed by atoms with van der Waals surface area (Å²) in [5.41, 5.74) is 6.73. The van der Waals surface area contributed by atoms with Crippen molar-refractivity contribution >= 4 is 17.2 Å². The molecule has 1 saturated carbocycles. The summed E-state index contributed by atoms with van der Waals surface area (Å²) in [7, 11) is 0. The van der Waals surface area contributed by atoms with Gasteiger partial charge < -0.3 is 10.6 Å². The van der Waals surface area contributed by atoms with Gasteiger partial charge in [0, 0.05) is 19.0 Å². The van der Waals surface area contributed by atoms with Crippen molar-refractivity contribution in [1.82, 2.24) is 4.90 Å². The van der Waals surface area contributed by atoms with Crippen molar-refractivity contribution in [2.24, 2.45) is 5.73 Å². The van der Waals surface area contributed by atoms with Crippen LogP contribution in [0.5, 0.6) is 0 Å². The second-order valence-corrected chi connectivity index (χ2v) is 5.76. The number of thiophene rings is 1. The second kappa shape index (κ2) is 6.90. The molecule has 100 valence electrons. The molecule has 2 rings (SSSR count). The quantitative estimate of drug-likeness (QED) is 0.735. The van der Waals surface area contributed by atoms with Crippen LogP contribution in [-0.2, 0) is 11.3 Å². The lowest BCUT2D eigenvalue weighted by molar-refractivity contribution is -0.132. The van der Waals surface area contributed by atoms with Crippen molar-refractivity contribution < 1.29 is 4.79 Å². The highest BCUT2D eigenvalue weighted by Gasteiger charge is 2.32. The van der Waals surface area contributed by atoms with Crippen LogP contribution in [0.2, 0.25) is 0 Å². The number of carbonyl (C=O) groups excluding carboxylic acids is 1. The number of amides is 1. The van der Waals surface area contributed by atoms with Crippen molar-refractivity contribution in [3.63, 3.8) is 0 Å². The Balaban J connectivity index is 1.79. The van der Waals surface area contributed by atoms with Crippen molar-refractivity contribution in [3.05, 3.63) is 22.4 Å². The van der Waals surface area contributed by atoms with E-state index in [9.17, 15) is 4.79 Å². The standard InChI is InChI=1S/C14H22N2OS/c15-8-3-1-2-4-14(17)16(13-5-6-13)10-12-7-9-18-11-12/h7,9,11,13H,1-6,8,10,15H2. The molecule has 3 nitrogen and oxygen atoms in total. The number of carbonyl (C=O) groups is 1. The van der Waals surface area contributed by atoms with Gasteiger partial charge in [-0.05, 0) is 54.6 Å². The maximum Gasteiger partial charge on any atom is 0.223 e. The Kier molecular flexibility index (Phi) is 5.20. The summed E-state index contributed by atoms with van der Waals surface area (Å²) in [6, 6.07) is 2.62. The van der Waals surface area contributed by atoms with Gasteiger partial charge in [-0.1, -0.05) is 6.42 Å². The van der Waals surface area contributed by atoms with Crippen LogP contribution in [0.25, 0.3) is 0 Å². The Morgan fingerprint density at radius 3 is 2.83 bits per heavy atom. The van der Waals surface area contributed by atoms with Crippen LogP contribution in [0.3, 0.4) is 0 Å². The molecule has 1 aliphatic rings. The predicted octanol–water partition coefficient (Wildman–Crippen LogP) is 2.76. The fraction of sp³-hybridized carbons (Fsp3) is 0.643. The Morgan fingerprint density at radius 2 is 2.22 bits per heavy atom. The average molecular weight is 266 g/mol. The van der Waals surface area contributed by atoms with E-state index in [1.54, 1.807) is 11.3 Å². The van der Waals surface area contributed by atoms with Gasteiger partial charge in [0.05, 0.1) is 0 Å². The molecule has 18 heavy (non-hydrogen) atoms. The molecule has 1 aromatic heterocycles. The van der Waals surface area contributed by atoms with Crippen LogP contribution in [-0.4, -0.2) is 23.4 Å². The highest BCUT2D eigenvalue weighted by Crippen LogP contribution is 2.29. The molecule has 4 heteroatoms. The molecular weight excluding hydrogens is 244 g/mol. The predicted molar refractivity (Wildman–Crippen MR) is 75.4 cm³/mol. The minimum atomic E-state index is 0.320. The molecule has 1 aliphatic carbocycles. The van der Waals surface area contributed by atoms with Crippen molar-refractivity contribution in [2.75, 3.05) is 6.54 Å². The molecule has 0 spiro atoms. The van der Waals surface area contributed by atoms with Gasteiger partial charge in [-0.25, -0.2) is 0 Å². The molecular formula is C14H22N2OS. The number of unbranched alkanes of at least 4 members (excludes halogenated alkanes) is 2. The lowest BCUT2D eigenvalue weighted by Crippen LogP contribution is -2.32. The molecule has 0 unspecified atom stereocenters. The Morgan fingerprint density at radius 1 is 1.39 bits per heavy atom. The van der Waals surface area contributed by atoms with Crippen LogP contribution >= 0.6 is 11.3 Å². The smallest absolute Gasteiger partial charge is 0.223 e. The fourth-order valence-electron chi connectivity index (χ4n) is 2.13. The third kappa shape index (κ3) is 4.10. The number of hydrogen-bond donors (Lipinski definition) is 1. The van der Waals surface area contributed by atoms with E-state index in [0.717, 1.165) is 32.4 Å². The highest BCUT2D eigenvalue weighted by molar-refractivity contribution is 7.07. The highest BCUT2D eigenvalue weighted by atomic mass is 32.1. The topological polar surface area (TPSA) is 46.3 Å². The molecule has 0 radical (unpaired) electrons. The van der Waals surface area contributed by atoms with Gasteiger partial charge in [-0.15, -0.1) is 0 Å². The second-order valence-electron chi connectivity index (χ2n) is 4.98. The zero-order chi connectivity index (χ0) is 12.8. The van der Waals surface area contributed by atoms with Crippen LogP contribution in [0.1, 0.15) is 44.1 Å². The third-order valence-corrected chi connectivity index (χ3v) is 4.07. The maximum atomic E-state index is 12.2. The molecule has 0 aromatic carbocycles. The summed E-state index contributed by atoms with van der Waals surface area (Å²) < 4.78 is 0. The summed E-state index contributed by atoms with van der Waals surface area (Å²) in [4.78, 5) is 14.3. The van der Waals surface area contributed by atoms with Crippen molar-refractivity contribution in [3.8, 4) is 0 Å². The van der Waals surface area contributed by atoms with E-state index in [0.29, 0.717) is 18.4 Å². The molecule has 1 fully saturated rings. The Bertz CT molecular complexity index is 360. The van der Waals surface area contributed by atoms with E-state index in [1.807, 2.05) is 0 Å². The van der Waals surface area contributed by atoms with Gasteiger partial charge in [-0.2, -0.15) is 11.3 Å². The molecule has 0 aliphatic heterocycles. The van der Waals surface area contributed by atoms with E-state index >= 15 is 0 Å².